The van der Waals surface area contributed by atoms with E-state index in [-0.39, 0.29) is 12.1 Å². The Bertz CT molecular complexity index is 933. The van der Waals surface area contributed by atoms with Crippen LogP contribution in [0.4, 0.5) is 0 Å². The highest BCUT2D eigenvalue weighted by atomic mass is 32.2. The summed E-state index contributed by atoms with van der Waals surface area (Å²) in [5.41, 5.74) is 3.63. The van der Waals surface area contributed by atoms with Crippen LogP contribution in [-0.2, 0) is 21.8 Å². The Morgan fingerprint density at radius 3 is 2.89 bits per heavy atom. The van der Waals surface area contributed by atoms with Crippen LogP contribution in [-0.4, -0.2) is 35.3 Å². The fourth-order valence-electron chi connectivity index (χ4n) is 3.35. The largest absolute Gasteiger partial charge is 0.465 e. The Morgan fingerprint density at radius 2 is 2.15 bits per heavy atom. The van der Waals surface area contributed by atoms with Gasteiger partial charge >= 0.3 is 5.97 Å². The van der Waals surface area contributed by atoms with Crippen LogP contribution in [0, 0.1) is 0 Å². The van der Waals surface area contributed by atoms with Gasteiger partial charge in [-0.05, 0) is 36.6 Å². The van der Waals surface area contributed by atoms with E-state index in [0.29, 0.717) is 5.56 Å². The van der Waals surface area contributed by atoms with Gasteiger partial charge in [-0.15, -0.1) is 0 Å². The van der Waals surface area contributed by atoms with Crippen molar-refractivity contribution in [1.82, 2.24) is 9.55 Å². The molecule has 1 aromatic heterocycles. The van der Waals surface area contributed by atoms with E-state index in [2.05, 4.69) is 16.7 Å². The molecule has 2 heterocycles. The first kappa shape index (κ1) is 18.1. The Kier molecular flexibility index (Phi) is 5.45. The quantitative estimate of drug-likeness (QED) is 0.470. The normalized spacial score (nSPS) is 16.7. The summed E-state index contributed by atoms with van der Waals surface area (Å²) in [4.78, 5) is 16.8. The highest BCUT2D eigenvalue weighted by molar-refractivity contribution is 7.98. The number of aromatic nitrogens is 2. The maximum Gasteiger partial charge on any atom is 0.337 e. The lowest BCUT2D eigenvalue weighted by Crippen LogP contribution is -2.15. The third kappa shape index (κ3) is 4.01. The lowest BCUT2D eigenvalue weighted by molar-refractivity contribution is 0.0601. The predicted molar refractivity (Wildman–Crippen MR) is 106 cm³/mol. The molecule has 5 nitrogen and oxygen atoms in total. The number of imidazole rings is 1. The summed E-state index contributed by atoms with van der Waals surface area (Å²) in [5.74, 6) is 0.514. The molecule has 140 valence electrons. The standard InChI is InChI=1S/C21H22N2O3S/c1-25-20(24)16-9-10-18-19(12-16)23(13-17-8-5-11-26-17)21(22-18)27-14-15-6-3-2-4-7-15/h2-4,6-7,9-10,12,17H,5,8,11,13-14H2,1H3. The molecule has 6 heteroatoms. The Hall–Kier alpha value is -2.31. The number of benzene rings is 2. The van der Waals surface area contributed by atoms with Crippen LogP contribution in [0.15, 0.2) is 53.7 Å². The molecule has 1 aliphatic heterocycles. The third-order valence-electron chi connectivity index (χ3n) is 4.76. The maximum atomic E-state index is 11.9. The number of thioether (sulfide) groups is 1. The smallest absolute Gasteiger partial charge is 0.337 e. The highest BCUT2D eigenvalue weighted by Gasteiger charge is 2.21. The molecular weight excluding hydrogens is 360 g/mol. The van der Waals surface area contributed by atoms with E-state index in [1.165, 1.54) is 12.7 Å². The number of fused-ring (bicyclic) bond motifs is 1. The van der Waals surface area contributed by atoms with Crippen molar-refractivity contribution in [3.05, 3.63) is 59.7 Å². The molecule has 0 saturated carbocycles. The number of rotatable bonds is 6. The van der Waals surface area contributed by atoms with E-state index in [0.717, 1.165) is 47.9 Å². The van der Waals surface area contributed by atoms with Gasteiger partial charge in [0.15, 0.2) is 5.16 Å². The summed E-state index contributed by atoms with van der Waals surface area (Å²) in [6, 6.07) is 15.9. The van der Waals surface area contributed by atoms with E-state index in [9.17, 15) is 4.79 Å². The van der Waals surface area contributed by atoms with Crippen molar-refractivity contribution in [2.75, 3.05) is 13.7 Å². The average molecular weight is 382 g/mol. The minimum atomic E-state index is -0.333. The van der Waals surface area contributed by atoms with Crippen LogP contribution >= 0.6 is 11.8 Å². The first-order valence-corrected chi connectivity index (χ1v) is 10.1. The van der Waals surface area contributed by atoms with Gasteiger partial charge in [0.25, 0.3) is 0 Å². The van der Waals surface area contributed by atoms with E-state index in [1.54, 1.807) is 17.8 Å². The van der Waals surface area contributed by atoms with Crippen LogP contribution in [0.1, 0.15) is 28.8 Å². The van der Waals surface area contributed by atoms with Gasteiger partial charge in [-0.25, -0.2) is 9.78 Å². The first-order chi connectivity index (χ1) is 13.2. The molecule has 0 amide bonds. The molecule has 1 unspecified atom stereocenters. The lowest BCUT2D eigenvalue weighted by Gasteiger charge is -2.14. The number of ether oxygens (including phenoxy) is 2. The average Bonchev–Trinajstić information content (AvgIpc) is 3.34. The highest BCUT2D eigenvalue weighted by Crippen LogP contribution is 2.29. The molecule has 3 aromatic rings. The maximum absolute atomic E-state index is 11.9. The summed E-state index contributed by atoms with van der Waals surface area (Å²) in [5, 5.41) is 0.950. The van der Waals surface area contributed by atoms with Crippen molar-refractivity contribution < 1.29 is 14.3 Å². The molecule has 27 heavy (non-hydrogen) atoms. The molecule has 1 atom stereocenters. The Morgan fingerprint density at radius 1 is 1.30 bits per heavy atom. The number of carbonyl (C=O) groups excluding carboxylic acids is 1. The number of hydrogen-bond acceptors (Lipinski definition) is 5. The van der Waals surface area contributed by atoms with Crippen molar-refractivity contribution in [3.8, 4) is 0 Å². The Balaban J connectivity index is 1.68. The molecule has 0 N–H and O–H groups in total. The number of methoxy groups -OCH3 is 1. The zero-order chi connectivity index (χ0) is 18.6. The van der Waals surface area contributed by atoms with E-state index < -0.39 is 0 Å². The second-order valence-electron chi connectivity index (χ2n) is 6.61. The number of esters is 1. The molecule has 1 fully saturated rings. The van der Waals surface area contributed by atoms with Gasteiger partial charge in [-0.1, -0.05) is 42.1 Å². The fourth-order valence-corrected chi connectivity index (χ4v) is 4.33. The van der Waals surface area contributed by atoms with Gasteiger partial charge in [0, 0.05) is 12.4 Å². The van der Waals surface area contributed by atoms with E-state index in [1.807, 2.05) is 30.3 Å². The summed E-state index contributed by atoms with van der Waals surface area (Å²) in [7, 11) is 1.40. The molecule has 4 rings (SSSR count). The molecule has 0 bridgehead atoms. The molecule has 0 aliphatic carbocycles. The van der Waals surface area contributed by atoms with Gasteiger partial charge in [0.2, 0.25) is 0 Å². The molecule has 0 spiro atoms. The zero-order valence-electron chi connectivity index (χ0n) is 15.3. The van der Waals surface area contributed by atoms with E-state index >= 15 is 0 Å². The third-order valence-corrected chi connectivity index (χ3v) is 5.80. The van der Waals surface area contributed by atoms with Crippen LogP contribution in [0.25, 0.3) is 11.0 Å². The summed E-state index contributed by atoms with van der Waals surface area (Å²) < 4.78 is 12.9. The van der Waals surface area contributed by atoms with Crippen LogP contribution < -0.4 is 0 Å². The van der Waals surface area contributed by atoms with E-state index in [4.69, 9.17) is 14.5 Å². The van der Waals surface area contributed by atoms with Crippen molar-refractivity contribution in [2.45, 2.75) is 36.4 Å². The SMILES string of the molecule is COC(=O)c1ccc2nc(SCc3ccccc3)n(CC3CCCO3)c2c1. The van der Waals surface area contributed by atoms with Gasteiger partial charge in [0.05, 0.1) is 36.4 Å². The zero-order valence-corrected chi connectivity index (χ0v) is 16.1. The first-order valence-electron chi connectivity index (χ1n) is 9.11. The lowest BCUT2D eigenvalue weighted by atomic mass is 10.2. The van der Waals surface area contributed by atoms with Crippen LogP contribution in [0.3, 0.4) is 0 Å². The molecule has 1 aliphatic rings. The molecular formula is C21H22N2O3S. The van der Waals surface area contributed by atoms with Gasteiger partial charge < -0.3 is 14.0 Å². The monoisotopic (exact) mass is 382 g/mol. The minimum Gasteiger partial charge on any atom is -0.465 e. The number of carbonyl (C=O) groups is 1. The van der Waals surface area contributed by atoms with Crippen molar-refractivity contribution in [1.29, 1.82) is 0 Å². The minimum absolute atomic E-state index is 0.195. The number of nitrogens with zero attached hydrogens (tertiary/aromatic N) is 2. The van der Waals surface area contributed by atoms with Crippen LogP contribution in [0.2, 0.25) is 0 Å². The van der Waals surface area contributed by atoms with Crippen LogP contribution in [0.5, 0.6) is 0 Å². The fraction of sp³-hybridized carbons (Fsp3) is 0.333. The summed E-state index contributed by atoms with van der Waals surface area (Å²) >= 11 is 1.71. The van der Waals surface area contributed by atoms with Crippen molar-refractivity contribution in [3.63, 3.8) is 0 Å². The summed E-state index contributed by atoms with van der Waals surface area (Å²) in [6.45, 7) is 1.56. The predicted octanol–water partition coefficient (Wildman–Crippen LogP) is 4.29. The molecule has 2 aromatic carbocycles. The Labute approximate surface area is 162 Å². The number of hydrogen-bond donors (Lipinski definition) is 0. The summed E-state index contributed by atoms with van der Waals surface area (Å²) in [6.07, 6.45) is 2.34. The van der Waals surface area contributed by atoms with Crippen molar-refractivity contribution >= 4 is 28.8 Å². The molecule has 1 saturated heterocycles. The van der Waals surface area contributed by atoms with Gasteiger partial charge in [0.1, 0.15) is 0 Å². The second-order valence-corrected chi connectivity index (χ2v) is 7.55. The molecule has 0 radical (unpaired) electrons. The topological polar surface area (TPSA) is 53.3 Å². The van der Waals surface area contributed by atoms with Crippen molar-refractivity contribution in [2.24, 2.45) is 0 Å². The van der Waals surface area contributed by atoms with Gasteiger partial charge in [-0.3, -0.25) is 0 Å². The second kappa shape index (κ2) is 8.15. The van der Waals surface area contributed by atoms with Gasteiger partial charge in [-0.2, -0.15) is 0 Å².